The molecule has 0 fully saturated rings. The highest BCUT2D eigenvalue weighted by Gasteiger charge is 2.21. The highest BCUT2D eigenvalue weighted by molar-refractivity contribution is 7.92. The molecule has 0 radical (unpaired) electrons. The van der Waals surface area contributed by atoms with Crippen molar-refractivity contribution >= 4 is 21.5 Å². The topological polar surface area (TPSA) is 134 Å². The van der Waals surface area contributed by atoms with Crippen molar-refractivity contribution in [3.8, 4) is 5.75 Å². The third kappa shape index (κ3) is 2.57. The average Bonchev–Trinajstić information content (AvgIpc) is 2.93. The summed E-state index contributed by atoms with van der Waals surface area (Å²) in [5, 5.41) is 7.40. The molecular weight excluding hydrogens is 282 g/mol. The first kappa shape index (κ1) is 13.9. The number of nitrogens with one attached hydrogen (secondary N) is 3. The monoisotopic (exact) mass is 295 g/mol. The molecule has 1 heterocycles. The number of rotatable bonds is 5. The molecule has 0 saturated heterocycles. The number of H-pyrrole nitrogens is 1. The van der Waals surface area contributed by atoms with E-state index in [4.69, 9.17) is 15.9 Å². The lowest BCUT2D eigenvalue weighted by molar-refractivity contribution is 0.417. The summed E-state index contributed by atoms with van der Waals surface area (Å²) in [5.74, 6) is -0.00741. The zero-order chi connectivity index (χ0) is 14.8. The van der Waals surface area contributed by atoms with Gasteiger partial charge >= 0.3 is 0 Å². The lowest BCUT2D eigenvalue weighted by Crippen LogP contribution is -2.19. The molecule has 1 aromatic heterocycles. The van der Waals surface area contributed by atoms with Crippen LogP contribution in [0.4, 0.5) is 5.69 Å². The van der Waals surface area contributed by atoms with Crippen molar-refractivity contribution in [3.05, 3.63) is 36.3 Å². The second-order valence-corrected chi connectivity index (χ2v) is 5.47. The average molecular weight is 295 g/mol. The Morgan fingerprint density at radius 2 is 2.25 bits per heavy atom. The third-order valence-corrected chi connectivity index (χ3v) is 3.81. The Hall–Kier alpha value is -2.55. The molecule has 2 aromatic rings. The second-order valence-electron chi connectivity index (χ2n) is 3.82. The van der Waals surface area contributed by atoms with E-state index in [1.54, 1.807) is 12.1 Å². The van der Waals surface area contributed by atoms with Gasteiger partial charge in [0.15, 0.2) is 5.03 Å². The van der Waals surface area contributed by atoms with Gasteiger partial charge in [-0.1, -0.05) is 6.07 Å². The molecule has 2 rings (SSSR count). The lowest BCUT2D eigenvalue weighted by Gasteiger charge is -2.14. The van der Waals surface area contributed by atoms with Gasteiger partial charge < -0.3 is 15.5 Å². The van der Waals surface area contributed by atoms with Crippen LogP contribution in [0.3, 0.4) is 0 Å². The van der Waals surface area contributed by atoms with Gasteiger partial charge in [-0.05, 0) is 12.1 Å². The number of hydrogen-bond acceptors (Lipinski definition) is 5. The number of sulfonamides is 1. The molecule has 0 spiro atoms. The molecule has 0 unspecified atom stereocenters. The first-order chi connectivity index (χ1) is 9.45. The van der Waals surface area contributed by atoms with Crippen LogP contribution in [0.25, 0.3) is 0 Å². The molecule has 0 aliphatic carbocycles. The maximum atomic E-state index is 12.2. The van der Waals surface area contributed by atoms with E-state index in [2.05, 4.69) is 14.7 Å². The van der Waals surface area contributed by atoms with Crippen molar-refractivity contribution in [1.29, 1.82) is 5.41 Å². The van der Waals surface area contributed by atoms with Crippen LogP contribution >= 0.6 is 0 Å². The van der Waals surface area contributed by atoms with Crippen LogP contribution < -0.4 is 15.2 Å². The number of methoxy groups -OCH3 is 1. The molecule has 1 aromatic carbocycles. The van der Waals surface area contributed by atoms with Crippen molar-refractivity contribution in [2.24, 2.45) is 5.73 Å². The fourth-order valence-corrected chi connectivity index (χ4v) is 2.61. The molecule has 0 saturated carbocycles. The normalized spacial score (nSPS) is 11.1. The van der Waals surface area contributed by atoms with E-state index in [1.165, 1.54) is 25.7 Å². The maximum Gasteiger partial charge on any atom is 0.279 e. The first-order valence-corrected chi connectivity index (χ1v) is 6.96. The van der Waals surface area contributed by atoms with Gasteiger partial charge in [0, 0.05) is 5.56 Å². The molecule has 0 amide bonds. The van der Waals surface area contributed by atoms with Crippen molar-refractivity contribution in [2.75, 3.05) is 11.8 Å². The number of nitrogens with zero attached hydrogens (tertiary/aromatic N) is 1. The number of nitrogens with two attached hydrogens (primary N) is 1. The number of hydrogen-bond donors (Lipinski definition) is 4. The number of benzene rings is 1. The van der Waals surface area contributed by atoms with Gasteiger partial charge in [0.05, 0.1) is 19.6 Å². The first-order valence-electron chi connectivity index (χ1n) is 5.48. The molecule has 0 atom stereocenters. The Kier molecular flexibility index (Phi) is 3.61. The van der Waals surface area contributed by atoms with Gasteiger partial charge in [0.25, 0.3) is 10.0 Å². The Morgan fingerprint density at radius 3 is 2.80 bits per heavy atom. The van der Waals surface area contributed by atoms with E-state index in [0.29, 0.717) is 0 Å². The van der Waals surface area contributed by atoms with Crippen LogP contribution in [0.1, 0.15) is 5.56 Å². The number of aromatic nitrogens is 2. The molecule has 5 N–H and O–H groups in total. The van der Waals surface area contributed by atoms with E-state index in [1.807, 2.05) is 0 Å². The number of ether oxygens (including phenoxy) is 1. The molecule has 8 nitrogen and oxygen atoms in total. The zero-order valence-electron chi connectivity index (χ0n) is 10.5. The molecule has 20 heavy (non-hydrogen) atoms. The van der Waals surface area contributed by atoms with Crippen LogP contribution in [-0.4, -0.2) is 31.3 Å². The summed E-state index contributed by atoms with van der Waals surface area (Å²) in [6, 6.07) is 4.70. The van der Waals surface area contributed by atoms with Gasteiger partial charge in [-0.2, -0.15) is 8.42 Å². The van der Waals surface area contributed by atoms with E-state index in [-0.39, 0.29) is 27.9 Å². The zero-order valence-corrected chi connectivity index (χ0v) is 11.4. The molecule has 0 aliphatic rings. The Bertz CT molecular complexity index is 725. The predicted molar refractivity (Wildman–Crippen MR) is 73.4 cm³/mol. The van der Waals surface area contributed by atoms with Crippen molar-refractivity contribution in [2.45, 2.75) is 5.03 Å². The van der Waals surface area contributed by atoms with Gasteiger partial charge in [-0.15, -0.1) is 0 Å². The van der Waals surface area contributed by atoms with Crippen molar-refractivity contribution in [3.63, 3.8) is 0 Å². The molecule has 9 heteroatoms. The summed E-state index contributed by atoms with van der Waals surface area (Å²) in [7, 11) is -2.46. The van der Waals surface area contributed by atoms with E-state index < -0.39 is 10.0 Å². The largest absolute Gasteiger partial charge is 0.495 e. The minimum Gasteiger partial charge on any atom is -0.495 e. The summed E-state index contributed by atoms with van der Waals surface area (Å²) in [4.78, 5) is 6.15. The van der Waals surface area contributed by atoms with E-state index in [0.717, 1.165) is 0 Å². The SMILES string of the molecule is COc1cccc(C(=N)N)c1NS(=O)(=O)c1cnc[nH]1. The number of nitrogen functional groups attached to an aromatic ring is 1. The molecule has 106 valence electrons. The number of para-hydroxylation sites is 1. The highest BCUT2D eigenvalue weighted by Crippen LogP contribution is 2.30. The van der Waals surface area contributed by atoms with Crippen molar-refractivity contribution in [1.82, 2.24) is 9.97 Å². The van der Waals surface area contributed by atoms with Crippen LogP contribution in [-0.2, 0) is 10.0 Å². The number of anilines is 1. The van der Waals surface area contributed by atoms with Crippen LogP contribution in [0, 0.1) is 5.41 Å². The van der Waals surface area contributed by atoms with Crippen LogP contribution in [0.2, 0.25) is 0 Å². The predicted octanol–water partition coefficient (Wildman–Crippen LogP) is 0.503. The summed E-state index contributed by atoms with van der Waals surface area (Å²) in [5.41, 5.74) is 5.79. The smallest absolute Gasteiger partial charge is 0.279 e. The number of imidazole rings is 1. The minimum absolute atomic E-state index is 0.0992. The Balaban J connectivity index is 2.51. The van der Waals surface area contributed by atoms with Crippen LogP contribution in [0.15, 0.2) is 35.7 Å². The second kappa shape index (κ2) is 5.21. The quantitative estimate of drug-likeness (QED) is 0.471. The summed E-state index contributed by atoms with van der Waals surface area (Å²) < 4.78 is 31.8. The Labute approximate surface area is 115 Å². The van der Waals surface area contributed by atoms with Gasteiger partial charge in [0.1, 0.15) is 17.3 Å². The van der Waals surface area contributed by atoms with Crippen LogP contribution in [0.5, 0.6) is 5.75 Å². The highest BCUT2D eigenvalue weighted by atomic mass is 32.2. The van der Waals surface area contributed by atoms with E-state index >= 15 is 0 Å². The maximum absolute atomic E-state index is 12.2. The fourth-order valence-electron chi connectivity index (χ4n) is 1.61. The number of aromatic amines is 1. The summed E-state index contributed by atoms with van der Waals surface area (Å²) in [6.07, 6.45) is 2.42. The standard InChI is InChI=1S/C11H13N5O3S/c1-19-8-4-2-3-7(11(12)13)10(8)16-20(17,18)9-5-14-6-15-9/h2-6,16H,1H3,(H3,12,13)(H,14,15). The lowest BCUT2D eigenvalue weighted by atomic mass is 10.1. The van der Waals surface area contributed by atoms with Gasteiger partial charge in [-0.25, -0.2) is 4.98 Å². The minimum atomic E-state index is -3.86. The van der Waals surface area contributed by atoms with E-state index in [9.17, 15) is 8.42 Å². The third-order valence-electron chi connectivity index (χ3n) is 2.54. The fraction of sp³-hybridized carbons (Fsp3) is 0.0909. The summed E-state index contributed by atoms with van der Waals surface area (Å²) in [6.45, 7) is 0. The molecular formula is C11H13N5O3S. The molecule has 0 aliphatic heterocycles. The number of amidine groups is 1. The summed E-state index contributed by atoms with van der Waals surface area (Å²) >= 11 is 0. The Morgan fingerprint density at radius 1 is 1.50 bits per heavy atom. The molecule has 0 bridgehead atoms. The van der Waals surface area contributed by atoms with Crippen molar-refractivity contribution < 1.29 is 13.2 Å². The van der Waals surface area contributed by atoms with Gasteiger partial charge in [-0.3, -0.25) is 10.1 Å². The van der Waals surface area contributed by atoms with Gasteiger partial charge in [0.2, 0.25) is 0 Å².